The van der Waals surface area contributed by atoms with Gasteiger partial charge in [-0.15, -0.1) is 0 Å². The molecule has 0 saturated carbocycles. The van der Waals surface area contributed by atoms with Crippen molar-refractivity contribution < 1.29 is 18.9 Å². The lowest BCUT2D eigenvalue weighted by atomic mass is 9.78. The molecule has 2 aromatic carbocycles. The molecule has 2 N–H and O–H groups in total. The molecule has 6 heteroatoms. The second-order valence-corrected chi connectivity index (χ2v) is 5.72. The number of carbonyl (C=O) groups excluding carboxylic acids is 1. The van der Waals surface area contributed by atoms with Gasteiger partial charge < -0.3 is 15.0 Å². The first-order valence-electron chi connectivity index (χ1n) is 6.95. The number of halogens is 1. The van der Waals surface area contributed by atoms with E-state index in [0.29, 0.717) is 11.2 Å². The van der Waals surface area contributed by atoms with Crippen LogP contribution in [0.5, 0.6) is 0 Å². The topological polar surface area (TPSA) is 58.6 Å². The zero-order valence-corrected chi connectivity index (χ0v) is 12.3. The third kappa shape index (κ3) is 2.51. The fourth-order valence-electron chi connectivity index (χ4n) is 2.64. The molecule has 4 nitrogen and oxygen atoms in total. The summed E-state index contributed by atoms with van der Waals surface area (Å²) >= 11 is 0. The SMILES string of the molecule is CC1(C)OB(O)c2cc(NC(=O)c3ccccc3F)ccc21. The minimum absolute atomic E-state index is 0.0277. The normalized spacial score (nSPS) is 15.5. The van der Waals surface area contributed by atoms with Crippen LogP contribution in [0.4, 0.5) is 10.1 Å². The third-order valence-corrected chi connectivity index (χ3v) is 3.75. The average molecular weight is 299 g/mol. The number of fused-ring (bicyclic) bond motifs is 1. The Morgan fingerprint density at radius 3 is 2.73 bits per heavy atom. The first kappa shape index (κ1) is 14.7. The van der Waals surface area contributed by atoms with Crippen molar-refractivity contribution in [2.45, 2.75) is 19.4 Å². The van der Waals surface area contributed by atoms with Gasteiger partial charge in [-0.3, -0.25) is 4.79 Å². The van der Waals surface area contributed by atoms with Gasteiger partial charge >= 0.3 is 7.12 Å². The van der Waals surface area contributed by atoms with Crippen LogP contribution in [0.2, 0.25) is 0 Å². The number of hydrogen-bond donors (Lipinski definition) is 2. The molecular formula is C16H15BFNO3. The van der Waals surface area contributed by atoms with Crippen LogP contribution in [0, 0.1) is 5.82 Å². The lowest BCUT2D eigenvalue weighted by Gasteiger charge is -2.19. The van der Waals surface area contributed by atoms with Gasteiger partial charge in [0.15, 0.2) is 0 Å². The zero-order chi connectivity index (χ0) is 15.9. The molecule has 1 aliphatic rings. The maximum Gasteiger partial charge on any atom is 0.492 e. The van der Waals surface area contributed by atoms with Crippen LogP contribution >= 0.6 is 0 Å². The maximum atomic E-state index is 13.6. The van der Waals surface area contributed by atoms with E-state index in [9.17, 15) is 14.2 Å². The van der Waals surface area contributed by atoms with E-state index in [2.05, 4.69) is 5.32 Å². The number of nitrogens with one attached hydrogen (secondary N) is 1. The molecule has 0 bridgehead atoms. The van der Waals surface area contributed by atoms with E-state index in [1.807, 2.05) is 13.8 Å². The van der Waals surface area contributed by atoms with Gasteiger partial charge in [-0.1, -0.05) is 18.2 Å². The Morgan fingerprint density at radius 2 is 2.00 bits per heavy atom. The lowest BCUT2D eigenvalue weighted by molar-refractivity contribution is 0.100. The molecule has 0 atom stereocenters. The van der Waals surface area contributed by atoms with Gasteiger partial charge in [0.1, 0.15) is 5.82 Å². The van der Waals surface area contributed by atoms with E-state index in [1.54, 1.807) is 24.3 Å². The fourth-order valence-corrected chi connectivity index (χ4v) is 2.64. The highest BCUT2D eigenvalue weighted by molar-refractivity contribution is 6.62. The summed E-state index contributed by atoms with van der Waals surface area (Å²) in [6, 6.07) is 10.9. The van der Waals surface area contributed by atoms with Crippen LogP contribution < -0.4 is 10.8 Å². The second kappa shape index (κ2) is 5.23. The summed E-state index contributed by atoms with van der Waals surface area (Å²) in [6.07, 6.45) is 0. The molecule has 0 aliphatic carbocycles. The van der Waals surface area contributed by atoms with E-state index in [4.69, 9.17) is 4.65 Å². The number of benzene rings is 2. The van der Waals surface area contributed by atoms with Gasteiger partial charge in [-0.25, -0.2) is 4.39 Å². The Bertz CT molecular complexity index is 748. The molecule has 1 heterocycles. The molecule has 0 radical (unpaired) electrons. The van der Waals surface area contributed by atoms with E-state index >= 15 is 0 Å². The Labute approximate surface area is 128 Å². The van der Waals surface area contributed by atoms with Crippen LogP contribution in [0.15, 0.2) is 42.5 Å². The van der Waals surface area contributed by atoms with Crippen LogP contribution in [-0.2, 0) is 10.3 Å². The zero-order valence-electron chi connectivity index (χ0n) is 12.3. The minimum atomic E-state index is -1.03. The quantitative estimate of drug-likeness (QED) is 0.834. The summed E-state index contributed by atoms with van der Waals surface area (Å²) in [5.41, 5.74) is 1.34. The molecule has 0 unspecified atom stereocenters. The van der Waals surface area contributed by atoms with Crippen molar-refractivity contribution in [3.63, 3.8) is 0 Å². The Balaban J connectivity index is 1.88. The van der Waals surface area contributed by atoms with Crippen LogP contribution in [0.1, 0.15) is 29.8 Å². The predicted molar refractivity (Wildman–Crippen MR) is 82.5 cm³/mol. The third-order valence-electron chi connectivity index (χ3n) is 3.75. The van der Waals surface area contributed by atoms with Crippen LogP contribution in [-0.4, -0.2) is 18.0 Å². The highest BCUT2D eigenvalue weighted by atomic mass is 19.1. The Morgan fingerprint density at radius 1 is 1.27 bits per heavy atom. The lowest BCUT2D eigenvalue weighted by Crippen LogP contribution is -2.29. The molecule has 0 spiro atoms. The van der Waals surface area contributed by atoms with E-state index in [0.717, 1.165) is 5.56 Å². The molecular weight excluding hydrogens is 284 g/mol. The monoisotopic (exact) mass is 299 g/mol. The van der Waals surface area contributed by atoms with Gasteiger partial charge in [0.2, 0.25) is 0 Å². The average Bonchev–Trinajstić information content (AvgIpc) is 2.69. The number of carbonyl (C=O) groups is 1. The number of anilines is 1. The molecule has 112 valence electrons. The molecule has 1 aliphatic heterocycles. The van der Waals surface area contributed by atoms with Crippen LogP contribution in [0.3, 0.4) is 0 Å². The Kier molecular flexibility index (Phi) is 3.50. The molecule has 22 heavy (non-hydrogen) atoms. The maximum absolute atomic E-state index is 13.6. The predicted octanol–water partition coefficient (Wildman–Crippen LogP) is 2.03. The van der Waals surface area contributed by atoms with Crippen molar-refractivity contribution in [2.24, 2.45) is 0 Å². The highest BCUT2D eigenvalue weighted by Crippen LogP contribution is 2.30. The fraction of sp³-hybridized carbons (Fsp3) is 0.188. The van der Waals surface area contributed by atoms with Gasteiger partial charge in [0.05, 0.1) is 11.2 Å². The minimum Gasteiger partial charge on any atom is -0.423 e. The second-order valence-electron chi connectivity index (χ2n) is 5.72. The number of hydrogen-bond acceptors (Lipinski definition) is 3. The summed E-state index contributed by atoms with van der Waals surface area (Å²) in [6.45, 7) is 3.72. The van der Waals surface area contributed by atoms with E-state index < -0.39 is 24.4 Å². The molecule has 2 aromatic rings. The van der Waals surface area contributed by atoms with Gasteiger partial charge in [-0.2, -0.15) is 0 Å². The van der Waals surface area contributed by atoms with E-state index in [1.165, 1.54) is 18.2 Å². The summed E-state index contributed by atoms with van der Waals surface area (Å²) in [5.74, 6) is -1.11. The summed E-state index contributed by atoms with van der Waals surface area (Å²) in [7, 11) is -1.03. The van der Waals surface area contributed by atoms with Crippen LogP contribution in [0.25, 0.3) is 0 Å². The summed E-state index contributed by atoms with van der Waals surface area (Å²) in [5, 5.41) is 12.6. The largest absolute Gasteiger partial charge is 0.492 e. The number of rotatable bonds is 2. The molecule has 0 saturated heterocycles. The van der Waals surface area contributed by atoms with Gasteiger partial charge in [0, 0.05) is 5.69 Å². The smallest absolute Gasteiger partial charge is 0.423 e. The first-order valence-corrected chi connectivity index (χ1v) is 6.95. The summed E-state index contributed by atoms with van der Waals surface area (Å²) in [4.78, 5) is 12.1. The standard InChI is InChI=1S/C16H15BFNO3/c1-16(2)12-8-7-10(9-13(12)17(21)22-16)19-15(20)11-5-3-4-6-14(11)18/h3-9,21H,1-2H3,(H,19,20). The van der Waals surface area contributed by atoms with Crippen molar-refractivity contribution in [1.82, 2.24) is 0 Å². The summed E-state index contributed by atoms with van der Waals surface area (Å²) < 4.78 is 19.1. The highest BCUT2D eigenvalue weighted by Gasteiger charge is 2.40. The molecule has 0 fully saturated rings. The molecule has 1 amide bonds. The molecule has 3 rings (SSSR count). The van der Waals surface area contributed by atoms with Crippen molar-refractivity contribution in [2.75, 3.05) is 5.32 Å². The van der Waals surface area contributed by atoms with Crippen molar-refractivity contribution >= 4 is 24.2 Å². The Hall–Kier alpha value is -2.18. The van der Waals surface area contributed by atoms with Crippen molar-refractivity contribution in [1.29, 1.82) is 0 Å². The molecule has 0 aromatic heterocycles. The van der Waals surface area contributed by atoms with Gasteiger partial charge in [0.25, 0.3) is 5.91 Å². The first-order chi connectivity index (χ1) is 10.4. The van der Waals surface area contributed by atoms with E-state index in [-0.39, 0.29) is 5.56 Å². The van der Waals surface area contributed by atoms with Crippen molar-refractivity contribution in [3.8, 4) is 0 Å². The number of amides is 1. The van der Waals surface area contributed by atoms with Crippen molar-refractivity contribution in [3.05, 3.63) is 59.4 Å². The van der Waals surface area contributed by atoms with Gasteiger partial charge in [-0.05, 0) is 49.1 Å².